The number of hydrogen-bond acceptors (Lipinski definition) is 1. The molecule has 1 aromatic carbocycles. The molecule has 0 unspecified atom stereocenters. The van der Waals surface area contributed by atoms with Crippen LogP contribution in [0.3, 0.4) is 0 Å². The van der Waals surface area contributed by atoms with Crippen molar-refractivity contribution < 1.29 is 0 Å². The predicted molar refractivity (Wildman–Crippen MR) is 41.4 cm³/mol. The van der Waals surface area contributed by atoms with Crippen LogP contribution in [0.1, 0.15) is 5.56 Å². The third kappa shape index (κ3) is 1.48. The average molecular weight is 154 g/mol. The Balaban J connectivity index is 3.00. The molecule has 1 radical (unpaired) electrons. The lowest BCUT2D eigenvalue weighted by Gasteiger charge is -1.94. The second-order valence-corrected chi connectivity index (χ2v) is 2.32. The summed E-state index contributed by atoms with van der Waals surface area (Å²) in [6.45, 7) is 0. The zero-order valence-corrected chi connectivity index (χ0v) is 5.94. The molecule has 0 saturated carbocycles. The van der Waals surface area contributed by atoms with Crippen molar-refractivity contribution in [3.8, 4) is 0 Å². The molecule has 0 bridgehead atoms. The molecule has 0 aromatic heterocycles. The SMILES string of the molecule is [NH]C(=N)c1ccc(Cl)cc1. The number of nitrogens with one attached hydrogen (secondary N) is 2. The highest BCUT2D eigenvalue weighted by atomic mass is 35.5. The van der Waals surface area contributed by atoms with Gasteiger partial charge in [0.15, 0.2) is 0 Å². The van der Waals surface area contributed by atoms with E-state index in [4.69, 9.17) is 22.7 Å². The van der Waals surface area contributed by atoms with Crippen LogP contribution in [0, 0.1) is 5.41 Å². The lowest BCUT2D eigenvalue weighted by molar-refractivity contribution is 1.40. The second-order valence-electron chi connectivity index (χ2n) is 1.88. The monoisotopic (exact) mass is 153 g/mol. The van der Waals surface area contributed by atoms with Crippen LogP contribution >= 0.6 is 11.6 Å². The first-order valence-corrected chi connectivity index (χ1v) is 3.14. The minimum absolute atomic E-state index is 0.184. The Morgan fingerprint density at radius 1 is 1.20 bits per heavy atom. The van der Waals surface area contributed by atoms with E-state index >= 15 is 0 Å². The highest BCUT2D eigenvalue weighted by molar-refractivity contribution is 6.30. The van der Waals surface area contributed by atoms with Crippen molar-refractivity contribution in [2.45, 2.75) is 0 Å². The van der Waals surface area contributed by atoms with E-state index in [1.165, 1.54) is 0 Å². The first-order chi connectivity index (χ1) is 4.70. The van der Waals surface area contributed by atoms with E-state index in [1.54, 1.807) is 24.3 Å². The van der Waals surface area contributed by atoms with Gasteiger partial charge >= 0.3 is 0 Å². The fourth-order valence-corrected chi connectivity index (χ4v) is 0.743. The summed E-state index contributed by atoms with van der Waals surface area (Å²) in [5, 5.41) is 7.56. The van der Waals surface area contributed by atoms with Gasteiger partial charge in [0.1, 0.15) is 5.84 Å². The maximum Gasteiger partial charge on any atom is 0.144 e. The highest BCUT2D eigenvalue weighted by Crippen LogP contribution is 2.08. The van der Waals surface area contributed by atoms with E-state index in [9.17, 15) is 0 Å². The van der Waals surface area contributed by atoms with Crippen LogP contribution in [-0.4, -0.2) is 5.84 Å². The highest BCUT2D eigenvalue weighted by Gasteiger charge is 1.93. The summed E-state index contributed by atoms with van der Waals surface area (Å²) >= 11 is 5.58. The summed E-state index contributed by atoms with van der Waals surface area (Å²) in [4.78, 5) is 0. The molecule has 3 heteroatoms. The molecule has 10 heavy (non-hydrogen) atoms. The topological polar surface area (TPSA) is 47.7 Å². The molecule has 0 spiro atoms. The minimum atomic E-state index is -0.184. The van der Waals surface area contributed by atoms with Crippen LogP contribution < -0.4 is 5.73 Å². The molecular weight excluding hydrogens is 148 g/mol. The van der Waals surface area contributed by atoms with Crippen LogP contribution in [0.25, 0.3) is 0 Å². The lowest BCUT2D eigenvalue weighted by Crippen LogP contribution is -1.97. The van der Waals surface area contributed by atoms with E-state index in [-0.39, 0.29) is 5.84 Å². The largest absolute Gasteiger partial charge is 0.283 e. The molecule has 51 valence electrons. The van der Waals surface area contributed by atoms with Crippen molar-refractivity contribution in [2.75, 3.05) is 0 Å². The Bertz CT molecular complexity index is 240. The standard InChI is InChI=1S/C7H6ClN2/c8-6-3-1-5(2-4-6)7(9)10/h1-4,9-10H. The van der Waals surface area contributed by atoms with Crippen LogP contribution in [0.4, 0.5) is 0 Å². The van der Waals surface area contributed by atoms with E-state index in [1.807, 2.05) is 0 Å². The van der Waals surface area contributed by atoms with Crippen molar-refractivity contribution in [3.05, 3.63) is 34.9 Å². The van der Waals surface area contributed by atoms with Gasteiger partial charge in [-0.3, -0.25) is 11.1 Å². The van der Waals surface area contributed by atoms with Gasteiger partial charge in [-0.2, -0.15) is 0 Å². The van der Waals surface area contributed by atoms with E-state index in [2.05, 4.69) is 0 Å². The molecule has 0 aliphatic rings. The molecule has 0 atom stereocenters. The third-order valence-electron chi connectivity index (χ3n) is 1.13. The Morgan fingerprint density at radius 3 is 2.10 bits per heavy atom. The molecule has 0 aliphatic carbocycles. The van der Waals surface area contributed by atoms with Gasteiger partial charge in [-0.1, -0.05) is 11.6 Å². The second kappa shape index (κ2) is 2.71. The van der Waals surface area contributed by atoms with E-state index < -0.39 is 0 Å². The van der Waals surface area contributed by atoms with Gasteiger partial charge in [0, 0.05) is 10.6 Å². The van der Waals surface area contributed by atoms with Gasteiger partial charge in [0.05, 0.1) is 0 Å². The summed E-state index contributed by atoms with van der Waals surface area (Å²) < 4.78 is 0. The number of halogens is 1. The van der Waals surface area contributed by atoms with Crippen molar-refractivity contribution in [2.24, 2.45) is 0 Å². The van der Waals surface area contributed by atoms with Crippen LogP contribution in [0.2, 0.25) is 5.02 Å². The Kier molecular flexibility index (Phi) is 1.92. The molecule has 1 aromatic rings. The third-order valence-corrected chi connectivity index (χ3v) is 1.38. The van der Waals surface area contributed by atoms with Gasteiger partial charge < -0.3 is 0 Å². The van der Waals surface area contributed by atoms with Crippen molar-refractivity contribution >= 4 is 17.4 Å². The molecule has 2 nitrogen and oxygen atoms in total. The van der Waals surface area contributed by atoms with Gasteiger partial charge in [-0.05, 0) is 24.3 Å². The quantitative estimate of drug-likeness (QED) is 0.474. The number of amidine groups is 1. The zero-order valence-electron chi connectivity index (χ0n) is 5.19. The van der Waals surface area contributed by atoms with Crippen molar-refractivity contribution in [1.29, 1.82) is 5.41 Å². The minimum Gasteiger partial charge on any atom is -0.283 e. The maximum absolute atomic E-state index is 6.93. The Morgan fingerprint density at radius 2 is 1.70 bits per heavy atom. The normalized spacial score (nSPS) is 9.30. The summed E-state index contributed by atoms with van der Waals surface area (Å²) in [6.07, 6.45) is 0. The smallest absolute Gasteiger partial charge is 0.144 e. The predicted octanol–water partition coefficient (Wildman–Crippen LogP) is 1.95. The molecule has 1 rings (SSSR count). The van der Waals surface area contributed by atoms with Crippen molar-refractivity contribution in [1.82, 2.24) is 5.73 Å². The van der Waals surface area contributed by atoms with Crippen LogP contribution in [0.15, 0.2) is 24.3 Å². The summed E-state index contributed by atoms with van der Waals surface area (Å²) in [5.41, 5.74) is 7.52. The summed E-state index contributed by atoms with van der Waals surface area (Å²) in [7, 11) is 0. The first-order valence-electron chi connectivity index (χ1n) is 2.76. The Labute approximate surface area is 64.1 Å². The zero-order chi connectivity index (χ0) is 7.56. The average Bonchev–Trinajstić information content (AvgIpc) is 1.88. The molecular formula is C7H6ClN2. The van der Waals surface area contributed by atoms with Crippen LogP contribution in [0.5, 0.6) is 0 Å². The van der Waals surface area contributed by atoms with E-state index in [0.717, 1.165) is 0 Å². The van der Waals surface area contributed by atoms with Gasteiger partial charge in [0.25, 0.3) is 0 Å². The molecule has 0 heterocycles. The fourth-order valence-electron chi connectivity index (χ4n) is 0.617. The van der Waals surface area contributed by atoms with Gasteiger partial charge in [-0.15, -0.1) is 0 Å². The molecule has 0 amide bonds. The maximum atomic E-state index is 6.93. The van der Waals surface area contributed by atoms with Gasteiger partial charge in [-0.25, -0.2) is 0 Å². The van der Waals surface area contributed by atoms with Crippen molar-refractivity contribution in [3.63, 3.8) is 0 Å². The number of rotatable bonds is 1. The molecule has 2 N–H and O–H groups in total. The summed E-state index contributed by atoms with van der Waals surface area (Å²) in [6, 6.07) is 6.63. The Hall–Kier alpha value is -1.02. The summed E-state index contributed by atoms with van der Waals surface area (Å²) in [5.74, 6) is -0.184. The molecule has 0 saturated heterocycles. The first kappa shape index (κ1) is 7.09. The van der Waals surface area contributed by atoms with E-state index in [0.29, 0.717) is 10.6 Å². The molecule has 0 aliphatic heterocycles. The molecule has 0 fully saturated rings. The van der Waals surface area contributed by atoms with Crippen LogP contribution in [-0.2, 0) is 0 Å². The van der Waals surface area contributed by atoms with Gasteiger partial charge in [0.2, 0.25) is 0 Å². The fraction of sp³-hybridized carbons (Fsp3) is 0. The lowest BCUT2D eigenvalue weighted by atomic mass is 10.2. The number of hydrogen-bond donors (Lipinski definition) is 1. The number of benzene rings is 1.